The third kappa shape index (κ3) is 2.40. The molecule has 0 bridgehead atoms. The van der Waals surface area contributed by atoms with E-state index >= 15 is 0 Å². The quantitative estimate of drug-likeness (QED) is 0.774. The first-order chi connectivity index (χ1) is 11.2. The molecule has 4 rings (SSSR count). The van der Waals surface area contributed by atoms with Crippen molar-refractivity contribution >= 4 is 23.3 Å². The number of rotatable bonds is 3. The van der Waals surface area contributed by atoms with E-state index in [0.717, 1.165) is 10.4 Å². The van der Waals surface area contributed by atoms with Crippen molar-refractivity contribution in [2.24, 2.45) is 0 Å². The Morgan fingerprint density at radius 3 is 2.74 bits per heavy atom. The number of allylic oxidation sites excluding steroid dienone is 1. The Bertz CT molecular complexity index is 884. The first-order valence-electron chi connectivity index (χ1n) is 7.00. The molecule has 2 N–H and O–H groups in total. The molecule has 1 aliphatic heterocycles. The van der Waals surface area contributed by atoms with Crippen molar-refractivity contribution in [2.45, 2.75) is 6.04 Å². The van der Waals surface area contributed by atoms with Crippen LogP contribution in [0, 0.1) is 0 Å². The maximum absolute atomic E-state index is 11.4. The molecule has 0 saturated carbocycles. The van der Waals surface area contributed by atoms with E-state index in [4.69, 9.17) is 0 Å². The number of aliphatic carboxylic acids is 1. The molecule has 7 heteroatoms. The van der Waals surface area contributed by atoms with Crippen molar-refractivity contribution in [1.82, 2.24) is 14.8 Å². The van der Waals surface area contributed by atoms with Crippen LogP contribution in [0.15, 0.2) is 59.6 Å². The molecule has 1 aliphatic rings. The number of hydrogen-bond acceptors (Lipinski definition) is 5. The molecule has 6 nitrogen and oxygen atoms in total. The number of nitrogens with one attached hydrogen (secondary N) is 1. The van der Waals surface area contributed by atoms with E-state index in [1.165, 1.54) is 0 Å². The minimum atomic E-state index is -1.01. The van der Waals surface area contributed by atoms with Crippen LogP contribution in [0.1, 0.15) is 10.9 Å². The van der Waals surface area contributed by atoms with Crippen molar-refractivity contribution in [3.05, 3.63) is 64.5 Å². The molecular formula is C16H12N4O2S. The second kappa shape index (κ2) is 5.36. The predicted molar refractivity (Wildman–Crippen MR) is 87.3 cm³/mol. The molecule has 0 saturated heterocycles. The van der Waals surface area contributed by atoms with Crippen LogP contribution >= 0.6 is 11.3 Å². The summed E-state index contributed by atoms with van der Waals surface area (Å²) in [6.45, 7) is 0. The maximum Gasteiger partial charge on any atom is 0.352 e. The Morgan fingerprint density at radius 1 is 1.22 bits per heavy atom. The van der Waals surface area contributed by atoms with Crippen LogP contribution in [0.3, 0.4) is 0 Å². The van der Waals surface area contributed by atoms with E-state index in [2.05, 4.69) is 15.4 Å². The normalized spacial score (nSPS) is 16.3. The molecule has 0 unspecified atom stereocenters. The summed E-state index contributed by atoms with van der Waals surface area (Å²) in [6, 6.07) is 13.2. The Morgan fingerprint density at radius 2 is 2.04 bits per heavy atom. The molecule has 0 amide bonds. The minimum Gasteiger partial charge on any atom is -0.477 e. The second-order valence-corrected chi connectivity index (χ2v) is 6.02. The number of fused-ring (bicyclic) bond motifs is 1. The molecule has 0 spiro atoms. The van der Waals surface area contributed by atoms with Gasteiger partial charge in [-0.05, 0) is 17.5 Å². The molecule has 0 aliphatic carbocycles. The Kier molecular flexibility index (Phi) is 3.20. The summed E-state index contributed by atoms with van der Waals surface area (Å²) in [5, 5.41) is 18.7. The Balaban J connectivity index is 1.83. The number of nitrogens with zero attached hydrogens (tertiary/aromatic N) is 3. The maximum atomic E-state index is 11.4. The van der Waals surface area contributed by atoms with Gasteiger partial charge < -0.3 is 10.4 Å². The van der Waals surface area contributed by atoms with Gasteiger partial charge in [0.1, 0.15) is 11.7 Å². The van der Waals surface area contributed by atoms with E-state index < -0.39 is 5.97 Å². The number of aromatic nitrogens is 3. The van der Waals surface area contributed by atoms with Gasteiger partial charge in [-0.3, -0.25) is 0 Å². The van der Waals surface area contributed by atoms with Gasteiger partial charge in [0.2, 0.25) is 5.95 Å². The third-order valence-corrected chi connectivity index (χ3v) is 4.51. The fourth-order valence-corrected chi connectivity index (χ4v) is 3.27. The summed E-state index contributed by atoms with van der Waals surface area (Å²) in [7, 11) is 0. The molecule has 114 valence electrons. The number of carboxylic acids is 1. The molecule has 3 aromatic rings. The fraction of sp³-hybridized carbons (Fsp3) is 0.0625. The van der Waals surface area contributed by atoms with E-state index in [0.29, 0.717) is 11.8 Å². The highest BCUT2D eigenvalue weighted by molar-refractivity contribution is 7.10. The molecule has 0 radical (unpaired) electrons. The molecular weight excluding hydrogens is 312 g/mol. The summed E-state index contributed by atoms with van der Waals surface area (Å²) < 4.78 is 1.72. The average molecular weight is 324 g/mol. The standard InChI is InChI=1S/C16H12N4O2S/c21-15(22)11-9-12(13-7-4-8-23-13)20-16(17-11)18-14(19-20)10-5-2-1-3-6-10/h1-9,12H,(H,21,22)(H,17,18,19)/t12-/m1/s1. The van der Waals surface area contributed by atoms with Gasteiger partial charge in [0.05, 0.1) is 0 Å². The molecule has 1 aromatic carbocycles. The molecule has 0 fully saturated rings. The summed E-state index contributed by atoms with van der Waals surface area (Å²) in [6.07, 6.45) is 1.66. The topological polar surface area (TPSA) is 80.0 Å². The zero-order chi connectivity index (χ0) is 15.8. The third-order valence-electron chi connectivity index (χ3n) is 3.56. The summed E-state index contributed by atoms with van der Waals surface area (Å²) in [5.74, 6) is -0.0149. The molecule has 3 heterocycles. The Labute approximate surface area is 135 Å². The Hall–Kier alpha value is -2.93. The lowest BCUT2D eigenvalue weighted by atomic mass is 10.2. The van der Waals surface area contributed by atoms with Crippen molar-refractivity contribution in [3.63, 3.8) is 0 Å². The highest BCUT2D eigenvalue weighted by atomic mass is 32.1. The van der Waals surface area contributed by atoms with Gasteiger partial charge in [0, 0.05) is 10.4 Å². The van der Waals surface area contributed by atoms with Crippen molar-refractivity contribution in [2.75, 3.05) is 5.32 Å². The first-order valence-corrected chi connectivity index (χ1v) is 7.88. The highest BCUT2D eigenvalue weighted by Gasteiger charge is 2.27. The average Bonchev–Trinajstić information content (AvgIpc) is 3.24. The van der Waals surface area contributed by atoms with Crippen molar-refractivity contribution in [3.8, 4) is 11.4 Å². The SMILES string of the molecule is O=C(O)C1=C[C@H](c2cccs2)n2nc(-c3ccccc3)nc2N1. The lowest BCUT2D eigenvalue weighted by Crippen LogP contribution is -2.23. The number of carboxylic acid groups (broad SMARTS) is 1. The predicted octanol–water partition coefficient (Wildman–Crippen LogP) is 2.99. The smallest absolute Gasteiger partial charge is 0.352 e. The lowest BCUT2D eigenvalue weighted by molar-refractivity contribution is -0.132. The van der Waals surface area contributed by atoms with Crippen LogP contribution < -0.4 is 5.32 Å². The van der Waals surface area contributed by atoms with E-state index in [9.17, 15) is 9.90 Å². The van der Waals surface area contributed by atoms with E-state index in [-0.39, 0.29) is 11.7 Å². The fourth-order valence-electron chi connectivity index (χ4n) is 2.49. The van der Waals surface area contributed by atoms with Gasteiger partial charge in [0.25, 0.3) is 0 Å². The molecule has 23 heavy (non-hydrogen) atoms. The summed E-state index contributed by atoms with van der Waals surface area (Å²) >= 11 is 1.56. The molecule has 1 atom stereocenters. The van der Waals surface area contributed by atoms with E-state index in [1.54, 1.807) is 22.1 Å². The number of anilines is 1. The van der Waals surface area contributed by atoms with E-state index in [1.807, 2.05) is 47.8 Å². The van der Waals surface area contributed by atoms with Gasteiger partial charge in [-0.1, -0.05) is 36.4 Å². The van der Waals surface area contributed by atoms with Crippen LogP contribution in [-0.2, 0) is 4.79 Å². The van der Waals surface area contributed by atoms with Crippen LogP contribution in [0.2, 0.25) is 0 Å². The number of thiophene rings is 1. The van der Waals surface area contributed by atoms with Gasteiger partial charge in [-0.15, -0.1) is 16.4 Å². The highest BCUT2D eigenvalue weighted by Crippen LogP contribution is 2.32. The van der Waals surface area contributed by atoms with Crippen LogP contribution in [0.25, 0.3) is 11.4 Å². The van der Waals surface area contributed by atoms with Gasteiger partial charge >= 0.3 is 5.97 Å². The van der Waals surface area contributed by atoms with Gasteiger partial charge in [-0.25, -0.2) is 9.48 Å². The van der Waals surface area contributed by atoms with Gasteiger partial charge in [0.15, 0.2) is 5.82 Å². The van der Waals surface area contributed by atoms with Crippen LogP contribution in [0.5, 0.6) is 0 Å². The van der Waals surface area contributed by atoms with Crippen molar-refractivity contribution in [1.29, 1.82) is 0 Å². The summed E-state index contributed by atoms with van der Waals surface area (Å²) in [5.41, 5.74) is 1.00. The number of carbonyl (C=O) groups is 1. The summed E-state index contributed by atoms with van der Waals surface area (Å²) in [4.78, 5) is 16.8. The zero-order valence-electron chi connectivity index (χ0n) is 11.9. The minimum absolute atomic E-state index is 0.114. The van der Waals surface area contributed by atoms with Gasteiger partial charge in [-0.2, -0.15) is 4.98 Å². The lowest BCUT2D eigenvalue weighted by Gasteiger charge is -2.20. The zero-order valence-corrected chi connectivity index (χ0v) is 12.7. The number of benzene rings is 1. The monoisotopic (exact) mass is 324 g/mol. The van der Waals surface area contributed by atoms with Crippen LogP contribution in [0.4, 0.5) is 5.95 Å². The van der Waals surface area contributed by atoms with Crippen LogP contribution in [-0.4, -0.2) is 25.8 Å². The largest absolute Gasteiger partial charge is 0.477 e. The second-order valence-electron chi connectivity index (χ2n) is 5.04. The number of hydrogen-bond donors (Lipinski definition) is 2. The molecule has 2 aromatic heterocycles. The first kappa shape index (κ1) is 13.7. The van der Waals surface area contributed by atoms with Crippen molar-refractivity contribution < 1.29 is 9.90 Å².